The topological polar surface area (TPSA) is 41.6 Å². The second kappa shape index (κ2) is 8.01. The molecular weight excluding hydrogens is 319 g/mol. The van der Waals surface area contributed by atoms with Gasteiger partial charge in [0.2, 0.25) is 0 Å². The Morgan fingerprint density at radius 1 is 1.04 bits per heavy atom. The second-order valence-corrected chi connectivity index (χ2v) is 6.30. The van der Waals surface area contributed by atoms with Crippen LogP contribution in [0, 0.1) is 5.82 Å². The third kappa shape index (κ3) is 4.72. The van der Waals surface area contributed by atoms with E-state index in [2.05, 4.69) is 10.2 Å². The van der Waals surface area contributed by atoms with Crippen molar-refractivity contribution in [2.75, 3.05) is 23.3 Å². The second-order valence-electron chi connectivity index (χ2n) is 6.30. The highest BCUT2D eigenvalue weighted by Crippen LogP contribution is 2.22. The zero-order chi connectivity index (χ0) is 17.6. The van der Waals surface area contributed by atoms with Crippen molar-refractivity contribution in [2.24, 2.45) is 0 Å². The highest BCUT2D eigenvalue weighted by atomic mass is 19.1. The van der Waals surface area contributed by atoms with E-state index in [1.54, 1.807) is 6.92 Å². The smallest absolute Gasteiger partial charge is 0.265 e. The Morgan fingerprint density at radius 2 is 1.68 bits per heavy atom. The van der Waals surface area contributed by atoms with Crippen LogP contribution in [-0.2, 0) is 4.79 Å². The Kier molecular flexibility index (Phi) is 5.53. The highest BCUT2D eigenvalue weighted by molar-refractivity contribution is 5.94. The number of carbonyl (C=O) groups excluding carboxylic acids is 1. The normalized spacial score (nSPS) is 15.5. The summed E-state index contributed by atoms with van der Waals surface area (Å²) in [5.74, 6) is -0.113. The van der Waals surface area contributed by atoms with Crippen molar-refractivity contribution in [3.63, 3.8) is 0 Å². The Morgan fingerprint density at radius 3 is 2.32 bits per heavy atom. The van der Waals surface area contributed by atoms with Gasteiger partial charge in [0.05, 0.1) is 0 Å². The molecule has 2 aromatic rings. The number of amides is 1. The number of nitrogens with zero attached hydrogens (tertiary/aromatic N) is 1. The van der Waals surface area contributed by atoms with Crippen LogP contribution in [0.25, 0.3) is 0 Å². The van der Waals surface area contributed by atoms with Crippen molar-refractivity contribution in [3.8, 4) is 5.75 Å². The summed E-state index contributed by atoms with van der Waals surface area (Å²) in [5.41, 5.74) is 1.92. The molecule has 0 saturated carbocycles. The van der Waals surface area contributed by atoms with Crippen LogP contribution < -0.4 is 15.0 Å². The summed E-state index contributed by atoms with van der Waals surface area (Å²) in [6, 6.07) is 13.5. The molecule has 0 aliphatic carbocycles. The van der Waals surface area contributed by atoms with E-state index in [1.807, 2.05) is 24.3 Å². The molecule has 2 aromatic carbocycles. The average Bonchev–Trinajstić information content (AvgIpc) is 2.65. The van der Waals surface area contributed by atoms with E-state index < -0.39 is 6.10 Å². The standard InChI is InChI=1S/C20H23FN2O2/c1-15(25-19-11-5-16(21)6-12-19)20(24)22-17-7-9-18(10-8-17)23-13-3-2-4-14-23/h5-12,15H,2-4,13-14H2,1H3,(H,22,24). The minimum absolute atomic E-state index is 0.241. The van der Waals surface area contributed by atoms with Gasteiger partial charge in [0.25, 0.3) is 5.91 Å². The van der Waals surface area contributed by atoms with Crippen LogP contribution >= 0.6 is 0 Å². The number of nitrogens with one attached hydrogen (secondary N) is 1. The van der Waals surface area contributed by atoms with E-state index in [0.29, 0.717) is 5.75 Å². The summed E-state index contributed by atoms with van der Waals surface area (Å²) in [6.07, 6.45) is 3.09. The first-order valence-corrected chi connectivity index (χ1v) is 8.70. The summed E-state index contributed by atoms with van der Waals surface area (Å²) in [5, 5.41) is 2.85. The van der Waals surface area contributed by atoms with Crippen molar-refractivity contribution in [1.82, 2.24) is 0 Å². The molecular formula is C20H23FN2O2. The molecule has 1 aliphatic heterocycles. The lowest BCUT2D eigenvalue weighted by Crippen LogP contribution is -2.30. The third-order valence-corrected chi connectivity index (χ3v) is 4.35. The molecule has 3 rings (SSSR count). The van der Waals surface area contributed by atoms with Gasteiger partial charge in [-0.2, -0.15) is 0 Å². The number of carbonyl (C=O) groups is 1. The van der Waals surface area contributed by atoms with E-state index in [0.717, 1.165) is 18.8 Å². The average molecular weight is 342 g/mol. The lowest BCUT2D eigenvalue weighted by atomic mass is 10.1. The molecule has 4 nitrogen and oxygen atoms in total. The van der Waals surface area contributed by atoms with Crippen LogP contribution in [0.5, 0.6) is 5.75 Å². The molecule has 1 saturated heterocycles. The van der Waals surface area contributed by atoms with Crippen molar-refractivity contribution < 1.29 is 13.9 Å². The van der Waals surface area contributed by atoms with Crippen LogP contribution in [0.1, 0.15) is 26.2 Å². The summed E-state index contributed by atoms with van der Waals surface area (Å²) in [4.78, 5) is 14.6. The number of anilines is 2. The van der Waals surface area contributed by atoms with E-state index in [9.17, 15) is 9.18 Å². The van der Waals surface area contributed by atoms with Gasteiger partial charge in [-0.3, -0.25) is 4.79 Å². The first-order chi connectivity index (χ1) is 12.1. The number of piperidine rings is 1. The summed E-state index contributed by atoms with van der Waals surface area (Å²) in [7, 11) is 0. The fraction of sp³-hybridized carbons (Fsp3) is 0.350. The maximum absolute atomic E-state index is 12.9. The predicted molar refractivity (Wildman–Crippen MR) is 97.6 cm³/mol. The van der Waals surface area contributed by atoms with Gasteiger partial charge in [-0.25, -0.2) is 4.39 Å². The molecule has 1 heterocycles. The summed E-state index contributed by atoms with van der Waals surface area (Å²) >= 11 is 0. The van der Waals surface area contributed by atoms with E-state index in [1.165, 1.54) is 49.2 Å². The van der Waals surface area contributed by atoms with Crippen LogP contribution in [-0.4, -0.2) is 25.1 Å². The largest absolute Gasteiger partial charge is 0.481 e. The summed E-state index contributed by atoms with van der Waals surface area (Å²) in [6.45, 7) is 3.85. The van der Waals surface area contributed by atoms with E-state index >= 15 is 0 Å². The van der Waals surface area contributed by atoms with Gasteiger partial charge >= 0.3 is 0 Å². The quantitative estimate of drug-likeness (QED) is 0.884. The molecule has 25 heavy (non-hydrogen) atoms. The zero-order valence-corrected chi connectivity index (χ0v) is 14.4. The number of halogens is 1. The molecule has 0 spiro atoms. The molecule has 1 aliphatic rings. The van der Waals surface area contributed by atoms with Gasteiger partial charge in [-0.05, 0) is 74.7 Å². The Hall–Kier alpha value is -2.56. The number of ether oxygens (including phenoxy) is 1. The molecule has 0 bridgehead atoms. The molecule has 1 atom stereocenters. The fourth-order valence-electron chi connectivity index (χ4n) is 2.92. The SMILES string of the molecule is CC(Oc1ccc(F)cc1)C(=O)Nc1ccc(N2CCCCC2)cc1. The molecule has 1 unspecified atom stereocenters. The number of hydrogen-bond acceptors (Lipinski definition) is 3. The van der Waals surface area contributed by atoms with Crippen LogP contribution in [0.15, 0.2) is 48.5 Å². The van der Waals surface area contributed by atoms with Gasteiger partial charge in [-0.15, -0.1) is 0 Å². The number of hydrogen-bond donors (Lipinski definition) is 1. The van der Waals surface area contributed by atoms with Gasteiger partial charge in [0.1, 0.15) is 11.6 Å². The summed E-state index contributed by atoms with van der Waals surface area (Å²) < 4.78 is 18.4. The maximum Gasteiger partial charge on any atom is 0.265 e. The van der Waals surface area contributed by atoms with Crippen molar-refractivity contribution in [3.05, 3.63) is 54.3 Å². The predicted octanol–water partition coefficient (Wildman–Crippen LogP) is 4.22. The van der Waals surface area contributed by atoms with E-state index in [4.69, 9.17) is 4.74 Å². The van der Waals surface area contributed by atoms with Crippen molar-refractivity contribution in [2.45, 2.75) is 32.3 Å². The highest BCUT2D eigenvalue weighted by Gasteiger charge is 2.15. The first-order valence-electron chi connectivity index (χ1n) is 8.70. The Labute approximate surface area is 147 Å². The monoisotopic (exact) mass is 342 g/mol. The van der Waals surface area contributed by atoms with Crippen LogP contribution in [0.3, 0.4) is 0 Å². The molecule has 0 radical (unpaired) electrons. The van der Waals surface area contributed by atoms with E-state index in [-0.39, 0.29) is 11.7 Å². The van der Waals surface area contributed by atoms with Crippen LogP contribution in [0.4, 0.5) is 15.8 Å². The first kappa shape index (κ1) is 17.3. The Bertz CT molecular complexity index is 695. The molecule has 5 heteroatoms. The number of benzene rings is 2. The van der Waals surface area contributed by atoms with Crippen molar-refractivity contribution >= 4 is 17.3 Å². The minimum atomic E-state index is -0.674. The van der Waals surface area contributed by atoms with Crippen molar-refractivity contribution in [1.29, 1.82) is 0 Å². The lowest BCUT2D eigenvalue weighted by molar-refractivity contribution is -0.122. The molecule has 132 valence electrons. The fourth-order valence-corrected chi connectivity index (χ4v) is 2.92. The minimum Gasteiger partial charge on any atom is -0.481 e. The van der Waals surface area contributed by atoms with Gasteiger partial charge in [0, 0.05) is 24.5 Å². The molecule has 1 N–H and O–H groups in total. The number of rotatable bonds is 5. The third-order valence-electron chi connectivity index (χ3n) is 4.35. The van der Waals surface area contributed by atoms with Gasteiger partial charge in [0.15, 0.2) is 6.10 Å². The molecule has 0 aromatic heterocycles. The lowest BCUT2D eigenvalue weighted by Gasteiger charge is -2.28. The zero-order valence-electron chi connectivity index (χ0n) is 14.4. The maximum atomic E-state index is 12.9. The van der Waals surface area contributed by atoms with Crippen LogP contribution in [0.2, 0.25) is 0 Å². The molecule has 1 amide bonds. The Balaban J connectivity index is 1.55. The molecule has 1 fully saturated rings. The van der Waals surface area contributed by atoms with Gasteiger partial charge in [-0.1, -0.05) is 0 Å². The van der Waals surface area contributed by atoms with Gasteiger partial charge < -0.3 is 15.0 Å².